The molecule has 0 amide bonds. The molecule has 0 unspecified atom stereocenters. The normalized spacial score (nSPS) is 9.40. The van der Waals surface area contributed by atoms with Gasteiger partial charge >= 0.3 is 0 Å². The molecule has 1 heterocycles. The summed E-state index contributed by atoms with van der Waals surface area (Å²) in [7, 11) is 0. The Morgan fingerprint density at radius 2 is 1.80 bits per heavy atom. The van der Waals surface area contributed by atoms with Crippen LogP contribution >= 0.6 is 23.2 Å². The summed E-state index contributed by atoms with van der Waals surface area (Å²) in [5.41, 5.74) is 0.556. The third kappa shape index (κ3) is 1.87. The minimum absolute atomic E-state index is 0.302. The Morgan fingerprint density at radius 3 is 2.20 bits per heavy atom. The summed E-state index contributed by atoms with van der Waals surface area (Å²) in [5, 5.41) is 0.604. The van der Waals surface area contributed by atoms with Gasteiger partial charge in [-0.05, 0) is 0 Å². The van der Waals surface area contributed by atoms with Crippen LogP contribution in [0.5, 0.6) is 0 Å². The van der Waals surface area contributed by atoms with Gasteiger partial charge in [-0.25, -0.2) is 4.98 Å². The lowest BCUT2D eigenvalue weighted by Gasteiger charge is -1.92. The van der Waals surface area contributed by atoms with E-state index < -0.39 is 0 Å². The molecule has 0 aromatic carbocycles. The van der Waals surface area contributed by atoms with Crippen LogP contribution < -0.4 is 0 Å². The van der Waals surface area contributed by atoms with Crippen molar-refractivity contribution < 1.29 is 0 Å². The molecule has 10 heavy (non-hydrogen) atoms. The summed E-state index contributed by atoms with van der Waals surface area (Å²) in [5.74, 6) is 0. The SMILES string of the molecule is S=Nc1cc(Cl)nc(Cl)c1. The van der Waals surface area contributed by atoms with Crippen molar-refractivity contribution in [3.05, 3.63) is 22.4 Å². The zero-order chi connectivity index (χ0) is 7.56. The molecule has 0 radical (unpaired) electrons. The van der Waals surface area contributed by atoms with Gasteiger partial charge in [-0.2, -0.15) is 4.36 Å². The van der Waals surface area contributed by atoms with Crippen LogP contribution in [0, 0.1) is 0 Å². The number of pyridine rings is 1. The molecule has 0 aliphatic carbocycles. The lowest BCUT2D eigenvalue weighted by Crippen LogP contribution is -1.74. The Bertz CT molecular complexity index is 244. The maximum atomic E-state index is 5.53. The second-order valence-corrected chi connectivity index (χ2v) is 2.52. The molecule has 1 rings (SSSR count). The van der Waals surface area contributed by atoms with Crippen LogP contribution in [0.4, 0.5) is 5.69 Å². The molecule has 2 nitrogen and oxygen atoms in total. The molecule has 0 N–H and O–H groups in total. The summed E-state index contributed by atoms with van der Waals surface area (Å²) in [4.78, 5) is 3.71. The third-order valence-electron chi connectivity index (χ3n) is 0.853. The van der Waals surface area contributed by atoms with E-state index in [0.29, 0.717) is 16.0 Å². The molecule has 0 aliphatic rings. The van der Waals surface area contributed by atoms with Crippen molar-refractivity contribution in [3.63, 3.8) is 0 Å². The van der Waals surface area contributed by atoms with Crippen molar-refractivity contribution in [1.29, 1.82) is 0 Å². The van der Waals surface area contributed by atoms with E-state index in [2.05, 4.69) is 21.8 Å². The topological polar surface area (TPSA) is 25.2 Å². The van der Waals surface area contributed by atoms with Crippen molar-refractivity contribution in [3.8, 4) is 0 Å². The molecule has 0 saturated carbocycles. The zero-order valence-electron chi connectivity index (χ0n) is 4.71. The number of hydrogen-bond donors (Lipinski definition) is 0. The minimum Gasteiger partial charge on any atom is -0.224 e. The summed E-state index contributed by atoms with van der Waals surface area (Å²) in [6.45, 7) is 0. The second-order valence-electron chi connectivity index (χ2n) is 1.56. The highest BCUT2D eigenvalue weighted by Gasteiger charge is 1.95. The number of aromatic nitrogens is 1. The standard InChI is InChI=1S/C5H2Cl2N2S/c6-4-1-3(9-10)2-5(7)8-4/h1-2H. The van der Waals surface area contributed by atoms with Crippen LogP contribution in [-0.4, -0.2) is 4.98 Å². The van der Waals surface area contributed by atoms with E-state index >= 15 is 0 Å². The fraction of sp³-hybridized carbons (Fsp3) is 0. The molecule has 0 bridgehead atoms. The van der Waals surface area contributed by atoms with Crippen LogP contribution in [0.1, 0.15) is 0 Å². The lowest BCUT2D eigenvalue weighted by molar-refractivity contribution is 1.32. The van der Waals surface area contributed by atoms with E-state index in [0.717, 1.165) is 0 Å². The van der Waals surface area contributed by atoms with Gasteiger partial charge in [0.2, 0.25) is 0 Å². The van der Waals surface area contributed by atoms with Crippen LogP contribution in [0.3, 0.4) is 0 Å². The number of nitrogens with zero attached hydrogens (tertiary/aromatic N) is 2. The van der Waals surface area contributed by atoms with Crippen molar-refractivity contribution in [1.82, 2.24) is 4.98 Å². The Morgan fingerprint density at radius 1 is 1.30 bits per heavy atom. The molecule has 1 aromatic heterocycles. The molecule has 0 aliphatic heterocycles. The quantitative estimate of drug-likeness (QED) is 0.640. The van der Waals surface area contributed by atoms with E-state index in [9.17, 15) is 0 Å². The monoisotopic (exact) mass is 192 g/mol. The summed E-state index contributed by atoms with van der Waals surface area (Å²) < 4.78 is 3.47. The van der Waals surface area contributed by atoms with Gasteiger partial charge in [-0.15, -0.1) is 0 Å². The maximum Gasteiger partial charge on any atom is 0.133 e. The maximum absolute atomic E-state index is 5.53. The largest absolute Gasteiger partial charge is 0.224 e. The molecule has 5 heteroatoms. The van der Waals surface area contributed by atoms with E-state index in [4.69, 9.17) is 23.2 Å². The van der Waals surface area contributed by atoms with Crippen LogP contribution in [-0.2, 0) is 12.4 Å². The smallest absolute Gasteiger partial charge is 0.133 e. The highest BCUT2D eigenvalue weighted by molar-refractivity contribution is 7.47. The van der Waals surface area contributed by atoms with E-state index in [1.54, 1.807) is 12.1 Å². The Labute approximate surface area is 73.3 Å². The molecule has 0 spiro atoms. The Hall–Kier alpha value is -0.250. The highest BCUT2D eigenvalue weighted by atomic mass is 35.5. The van der Waals surface area contributed by atoms with E-state index in [1.807, 2.05) is 0 Å². The van der Waals surface area contributed by atoms with Gasteiger partial charge in [0.15, 0.2) is 0 Å². The van der Waals surface area contributed by atoms with Gasteiger partial charge in [-0.1, -0.05) is 23.2 Å². The van der Waals surface area contributed by atoms with Crippen molar-refractivity contribution in [2.24, 2.45) is 4.36 Å². The second kappa shape index (κ2) is 3.23. The first-order valence-electron chi connectivity index (χ1n) is 2.39. The van der Waals surface area contributed by atoms with Gasteiger partial charge in [0.1, 0.15) is 10.3 Å². The van der Waals surface area contributed by atoms with Crippen molar-refractivity contribution in [2.75, 3.05) is 0 Å². The first-order chi connectivity index (χ1) is 4.72. The third-order valence-corrected chi connectivity index (χ3v) is 1.45. The highest BCUT2D eigenvalue weighted by Crippen LogP contribution is 2.20. The molecular formula is C5H2Cl2N2S. The average Bonchev–Trinajstić information content (AvgIpc) is 1.85. The predicted molar refractivity (Wildman–Crippen MR) is 43.7 cm³/mol. The Kier molecular flexibility index (Phi) is 2.54. The summed E-state index contributed by atoms with van der Waals surface area (Å²) in [6.07, 6.45) is 0. The van der Waals surface area contributed by atoms with Gasteiger partial charge in [-0.3, -0.25) is 0 Å². The number of hydrogen-bond acceptors (Lipinski definition) is 3. The lowest BCUT2D eigenvalue weighted by atomic mass is 10.4. The number of halogens is 2. The van der Waals surface area contributed by atoms with Gasteiger partial charge < -0.3 is 0 Å². The summed E-state index contributed by atoms with van der Waals surface area (Å²) >= 11 is 15.5. The fourth-order valence-electron chi connectivity index (χ4n) is 0.505. The molecule has 1 aromatic rings. The van der Waals surface area contributed by atoms with E-state index in [1.165, 1.54) is 0 Å². The van der Waals surface area contributed by atoms with Crippen LogP contribution in [0.2, 0.25) is 10.3 Å². The van der Waals surface area contributed by atoms with Gasteiger partial charge in [0.05, 0.1) is 5.69 Å². The van der Waals surface area contributed by atoms with Crippen molar-refractivity contribution >= 4 is 41.3 Å². The van der Waals surface area contributed by atoms with Gasteiger partial charge in [0, 0.05) is 24.6 Å². The summed E-state index contributed by atoms with van der Waals surface area (Å²) in [6, 6.07) is 3.08. The molecular weight excluding hydrogens is 191 g/mol. The van der Waals surface area contributed by atoms with Crippen molar-refractivity contribution in [2.45, 2.75) is 0 Å². The first-order valence-corrected chi connectivity index (χ1v) is 3.51. The zero-order valence-corrected chi connectivity index (χ0v) is 7.04. The Balaban J connectivity index is 3.18. The molecule has 52 valence electrons. The van der Waals surface area contributed by atoms with Crippen LogP contribution in [0.25, 0.3) is 0 Å². The van der Waals surface area contributed by atoms with E-state index in [-0.39, 0.29) is 0 Å². The average molecular weight is 193 g/mol. The molecule has 0 saturated heterocycles. The molecule has 0 fully saturated rings. The van der Waals surface area contributed by atoms with Crippen LogP contribution in [0.15, 0.2) is 16.5 Å². The number of rotatable bonds is 1. The van der Waals surface area contributed by atoms with Gasteiger partial charge in [0.25, 0.3) is 0 Å². The first kappa shape index (κ1) is 7.85. The minimum atomic E-state index is 0.302. The fourth-order valence-corrected chi connectivity index (χ4v) is 1.06. The molecule has 0 atom stereocenters. The predicted octanol–water partition coefficient (Wildman–Crippen LogP) is 2.75.